The first-order valence-electron chi connectivity index (χ1n) is 4.77. The van der Waals surface area contributed by atoms with Gasteiger partial charge in [-0.15, -0.1) is 0 Å². The van der Waals surface area contributed by atoms with Crippen molar-refractivity contribution in [2.75, 3.05) is 0 Å². The molecule has 1 aliphatic carbocycles. The van der Waals surface area contributed by atoms with E-state index in [2.05, 4.69) is 0 Å². The molecule has 0 heterocycles. The second-order valence-electron chi connectivity index (χ2n) is 3.76. The van der Waals surface area contributed by atoms with E-state index in [4.69, 9.17) is 0 Å². The molecule has 16 heavy (non-hydrogen) atoms. The number of aromatic hydroxyl groups is 1. The number of rotatable bonds is 0. The van der Waals surface area contributed by atoms with Gasteiger partial charge in [0.25, 0.3) is 0 Å². The van der Waals surface area contributed by atoms with E-state index in [1.165, 1.54) is 26.0 Å². The Kier molecular flexibility index (Phi) is 2.08. The van der Waals surface area contributed by atoms with E-state index in [0.717, 1.165) is 0 Å². The summed E-state index contributed by atoms with van der Waals surface area (Å²) in [5.74, 6) is -1.66. The smallest absolute Gasteiger partial charge is 0.234 e. The highest BCUT2D eigenvalue weighted by molar-refractivity contribution is 6.52. The molecule has 1 aliphatic rings. The van der Waals surface area contributed by atoms with Crippen molar-refractivity contribution in [2.24, 2.45) is 0 Å². The zero-order valence-electron chi connectivity index (χ0n) is 8.87. The fourth-order valence-corrected chi connectivity index (χ4v) is 1.78. The summed E-state index contributed by atoms with van der Waals surface area (Å²) >= 11 is 0. The van der Waals surface area contributed by atoms with E-state index in [-0.39, 0.29) is 22.6 Å². The van der Waals surface area contributed by atoms with Crippen molar-refractivity contribution in [1.29, 1.82) is 0 Å². The third kappa shape index (κ3) is 1.16. The van der Waals surface area contributed by atoms with Gasteiger partial charge in [-0.3, -0.25) is 9.59 Å². The van der Waals surface area contributed by atoms with Crippen LogP contribution in [0.25, 0.3) is 5.76 Å². The summed E-state index contributed by atoms with van der Waals surface area (Å²) in [6, 6.07) is 2.82. The molecule has 2 N–H and O–H groups in total. The number of Topliss-reactive ketones (excluding diaryl/α,β-unsaturated/α-hetero) is 2. The number of phenolic OH excluding ortho intramolecular Hbond substituents is 1. The van der Waals surface area contributed by atoms with Crippen LogP contribution in [0, 0.1) is 6.92 Å². The number of phenols is 1. The Morgan fingerprint density at radius 1 is 1.00 bits per heavy atom. The van der Waals surface area contributed by atoms with E-state index in [1.807, 2.05) is 0 Å². The third-order valence-electron chi connectivity index (χ3n) is 2.82. The fraction of sp³-hybridized carbons (Fsp3) is 0.167. The highest BCUT2D eigenvalue weighted by Crippen LogP contribution is 2.33. The zero-order valence-corrected chi connectivity index (χ0v) is 8.87. The van der Waals surface area contributed by atoms with Crippen LogP contribution >= 0.6 is 0 Å². The molecular weight excluding hydrogens is 208 g/mol. The van der Waals surface area contributed by atoms with Gasteiger partial charge in [0.15, 0.2) is 0 Å². The van der Waals surface area contributed by atoms with E-state index in [0.29, 0.717) is 11.1 Å². The van der Waals surface area contributed by atoms with E-state index in [1.54, 1.807) is 0 Å². The number of aliphatic hydroxyl groups is 1. The molecule has 82 valence electrons. The lowest BCUT2D eigenvalue weighted by Gasteiger charge is -2.17. The molecule has 0 radical (unpaired) electrons. The number of hydrogen-bond acceptors (Lipinski definition) is 4. The molecule has 0 fully saturated rings. The lowest BCUT2D eigenvalue weighted by Crippen LogP contribution is -2.23. The van der Waals surface area contributed by atoms with Crippen molar-refractivity contribution in [1.82, 2.24) is 0 Å². The van der Waals surface area contributed by atoms with Crippen molar-refractivity contribution < 1.29 is 19.8 Å². The van der Waals surface area contributed by atoms with Gasteiger partial charge in [0.1, 0.15) is 11.5 Å². The number of fused-ring (bicyclic) bond motifs is 1. The fourth-order valence-electron chi connectivity index (χ4n) is 1.78. The van der Waals surface area contributed by atoms with Crippen LogP contribution in [0.5, 0.6) is 5.75 Å². The number of ketones is 2. The van der Waals surface area contributed by atoms with E-state index < -0.39 is 11.6 Å². The van der Waals surface area contributed by atoms with Gasteiger partial charge < -0.3 is 10.2 Å². The normalized spacial score (nSPS) is 15.4. The molecule has 0 amide bonds. The first-order chi connectivity index (χ1) is 7.45. The van der Waals surface area contributed by atoms with Crippen molar-refractivity contribution in [3.63, 3.8) is 0 Å². The third-order valence-corrected chi connectivity index (χ3v) is 2.82. The van der Waals surface area contributed by atoms with Crippen molar-refractivity contribution in [3.05, 3.63) is 34.4 Å². The quantitative estimate of drug-likeness (QED) is 0.650. The summed E-state index contributed by atoms with van der Waals surface area (Å²) < 4.78 is 0. The monoisotopic (exact) mass is 218 g/mol. The van der Waals surface area contributed by atoms with Gasteiger partial charge in [0.2, 0.25) is 11.6 Å². The van der Waals surface area contributed by atoms with Crippen LogP contribution < -0.4 is 0 Å². The molecule has 0 saturated heterocycles. The van der Waals surface area contributed by atoms with Gasteiger partial charge in [-0.1, -0.05) is 0 Å². The van der Waals surface area contributed by atoms with Gasteiger partial charge >= 0.3 is 0 Å². The number of aliphatic hydroxyl groups excluding tert-OH is 1. The Bertz CT molecular complexity index is 552. The van der Waals surface area contributed by atoms with Crippen LogP contribution in [0.2, 0.25) is 0 Å². The predicted molar refractivity (Wildman–Crippen MR) is 57.4 cm³/mol. The average molecular weight is 218 g/mol. The Labute approximate surface area is 91.8 Å². The molecule has 1 aromatic carbocycles. The summed E-state index contributed by atoms with van der Waals surface area (Å²) in [4.78, 5) is 23.3. The van der Waals surface area contributed by atoms with E-state index >= 15 is 0 Å². The number of hydrogen-bond donors (Lipinski definition) is 2. The van der Waals surface area contributed by atoms with Gasteiger partial charge in [-0.25, -0.2) is 0 Å². The molecule has 0 atom stereocenters. The van der Waals surface area contributed by atoms with Crippen LogP contribution in [0.4, 0.5) is 0 Å². The van der Waals surface area contributed by atoms with Crippen LogP contribution in [-0.4, -0.2) is 21.8 Å². The van der Waals surface area contributed by atoms with Crippen molar-refractivity contribution >= 4 is 17.3 Å². The minimum Gasteiger partial charge on any atom is -0.508 e. The Balaban J connectivity index is 2.86. The standard InChI is InChI=1S/C12H10O4/c1-5-8(13)4-3-7-9(5)12(16)11(15)6(2)10(7)14/h3-4,13-14H,1-2H3. The summed E-state index contributed by atoms with van der Waals surface area (Å²) in [6.45, 7) is 2.94. The Morgan fingerprint density at radius 2 is 1.62 bits per heavy atom. The number of carbonyl (C=O) groups excluding carboxylic acids is 2. The maximum atomic E-state index is 11.7. The number of carbonyl (C=O) groups is 2. The minimum absolute atomic E-state index is 0.0441. The molecule has 2 rings (SSSR count). The SMILES string of the molecule is CC1=C(O)c2ccc(O)c(C)c2C(=O)C1=O. The maximum absolute atomic E-state index is 11.7. The van der Waals surface area contributed by atoms with Crippen molar-refractivity contribution in [3.8, 4) is 5.75 Å². The van der Waals surface area contributed by atoms with Gasteiger partial charge in [-0.2, -0.15) is 0 Å². The van der Waals surface area contributed by atoms with E-state index in [9.17, 15) is 19.8 Å². The molecule has 0 saturated carbocycles. The highest BCUT2D eigenvalue weighted by Gasteiger charge is 2.32. The molecule has 4 nitrogen and oxygen atoms in total. The first-order valence-corrected chi connectivity index (χ1v) is 4.77. The largest absolute Gasteiger partial charge is 0.508 e. The first kappa shape index (κ1) is 10.4. The van der Waals surface area contributed by atoms with Gasteiger partial charge in [0.05, 0.1) is 0 Å². The van der Waals surface area contributed by atoms with Crippen LogP contribution in [0.3, 0.4) is 0 Å². The summed E-state index contributed by atoms with van der Waals surface area (Å²) in [7, 11) is 0. The molecular formula is C12H10O4. The Morgan fingerprint density at radius 3 is 2.25 bits per heavy atom. The average Bonchev–Trinajstić information content (AvgIpc) is 2.27. The zero-order chi connectivity index (χ0) is 12.0. The molecule has 1 aromatic rings. The molecule has 0 unspecified atom stereocenters. The van der Waals surface area contributed by atoms with Crippen LogP contribution in [0.15, 0.2) is 17.7 Å². The molecule has 0 bridgehead atoms. The molecule has 0 spiro atoms. The molecule has 4 heteroatoms. The lowest BCUT2D eigenvalue weighted by atomic mass is 9.86. The van der Waals surface area contributed by atoms with Crippen molar-refractivity contribution in [2.45, 2.75) is 13.8 Å². The summed E-state index contributed by atoms with van der Waals surface area (Å²) in [5, 5.41) is 19.2. The van der Waals surface area contributed by atoms with Crippen LogP contribution in [0.1, 0.15) is 28.4 Å². The second kappa shape index (κ2) is 3.20. The maximum Gasteiger partial charge on any atom is 0.234 e. The topological polar surface area (TPSA) is 74.6 Å². The summed E-state index contributed by atoms with van der Waals surface area (Å²) in [6.07, 6.45) is 0. The summed E-state index contributed by atoms with van der Waals surface area (Å²) in [5.41, 5.74) is 0.753. The number of allylic oxidation sites excluding steroid dienone is 1. The lowest BCUT2D eigenvalue weighted by molar-refractivity contribution is -0.111. The minimum atomic E-state index is -0.723. The van der Waals surface area contributed by atoms with Crippen LogP contribution in [-0.2, 0) is 4.79 Å². The van der Waals surface area contributed by atoms with Gasteiger partial charge in [0, 0.05) is 22.3 Å². The van der Waals surface area contributed by atoms with Gasteiger partial charge in [-0.05, 0) is 26.0 Å². The highest BCUT2D eigenvalue weighted by atomic mass is 16.3. The Hall–Kier alpha value is -2.10. The second-order valence-corrected chi connectivity index (χ2v) is 3.76. The molecule has 0 aromatic heterocycles. The number of benzene rings is 1. The predicted octanol–water partition coefficient (Wildman–Crippen LogP) is 1.76. The molecule has 0 aliphatic heterocycles.